The van der Waals surface area contributed by atoms with Crippen molar-refractivity contribution in [3.8, 4) is 5.75 Å². The summed E-state index contributed by atoms with van der Waals surface area (Å²) in [6.07, 6.45) is 3.60. The van der Waals surface area contributed by atoms with Crippen LogP contribution >= 0.6 is 0 Å². The average molecular weight is 264 g/mol. The van der Waals surface area contributed by atoms with Gasteiger partial charge in [0, 0.05) is 43.7 Å². The first-order chi connectivity index (χ1) is 9.22. The van der Waals surface area contributed by atoms with E-state index in [4.69, 9.17) is 15.2 Å². The molecule has 1 saturated heterocycles. The van der Waals surface area contributed by atoms with E-state index in [1.165, 1.54) is 0 Å². The Kier molecular flexibility index (Phi) is 4.91. The summed E-state index contributed by atoms with van der Waals surface area (Å²) in [4.78, 5) is 2.33. The Morgan fingerprint density at radius 3 is 2.95 bits per heavy atom. The van der Waals surface area contributed by atoms with Crippen LogP contribution in [0.2, 0.25) is 0 Å². The third-order valence-corrected chi connectivity index (χ3v) is 3.46. The highest BCUT2D eigenvalue weighted by Gasteiger charge is 2.20. The minimum absolute atomic E-state index is 0.315. The standard InChI is InChI=1S/C15H24N2O2/c1-3-7-19-15-9-12(16)8-13(10-15)17-6-4-5-14(11-17)18-2/h8-10,14H,3-7,11,16H2,1-2H3. The number of nitrogens with two attached hydrogens (primary N) is 1. The molecule has 106 valence electrons. The maximum absolute atomic E-state index is 5.97. The maximum Gasteiger partial charge on any atom is 0.123 e. The molecule has 2 N–H and O–H groups in total. The predicted octanol–water partition coefficient (Wildman–Crippen LogP) is 2.67. The first-order valence-corrected chi connectivity index (χ1v) is 7.04. The van der Waals surface area contributed by atoms with Gasteiger partial charge in [0.1, 0.15) is 5.75 Å². The van der Waals surface area contributed by atoms with E-state index in [1.807, 2.05) is 12.1 Å². The van der Waals surface area contributed by atoms with Crippen molar-refractivity contribution >= 4 is 11.4 Å². The fraction of sp³-hybridized carbons (Fsp3) is 0.600. The van der Waals surface area contributed by atoms with E-state index in [1.54, 1.807) is 7.11 Å². The Morgan fingerprint density at radius 1 is 1.37 bits per heavy atom. The highest BCUT2D eigenvalue weighted by Crippen LogP contribution is 2.28. The fourth-order valence-corrected chi connectivity index (χ4v) is 2.46. The Morgan fingerprint density at radius 2 is 2.21 bits per heavy atom. The Balaban J connectivity index is 2.11. The number of methoxy groups -OCH3 is 1. The zero-order valence-corrected chi connectivity index (χ0v) is 11.9. The van der Waals surface area contributed by atoms with Gasteiger partial charge in [0.2, 0.25) is 0 Å². The minimum Gasteiger partial charge on any atom is -0.493 e. The summed E-state index contributed by atoms with van der Waals surface area (Å²) in [7, 11) is 1.78. The first kappa shape index (κ1) is 14.0. The van der Waals surface area contributed by atoms with Gasteiger partial charge in [0.05, 0.1) is 12.7 Å². The van der Waals surface area contributed by atoms with E-state index in [9.17, 15) is 0 Å². The van der Waals surface area contributed by atoms with E-state index in [2.05, 4.69) is 17.9 Å². The van der Waals surface area contributed by atoms with E-state index in [-0.39, 0.29) is 0 Å². The van der Waals surface area contributed by atoms with Crippen LogP contribution < -0.4 is 15.4 Å². The summed E-state index contributed by atoms with van der Waals surface area (Å²) in [5.74, 6) is 0.858. The van der Waals surface area contributed by atoms with Gasteiger partial charge in [-0.25, -0.2) is 0 Å². The molecule has 1 aliphatic heterocycles. The number of hydrogen-bond acceptors (Lipinski definition) is 4. The van der Waals surface area contributed by atoms with Crippen LogP contribution in [0.25, 0.3) is 0 Å². The third kappa shape index (κ3) is 3.77. The van der Waals surface area contributed by atoms with Crippen molar-refractivity contribution in [3.63, 3.8) is 0 Å². The lowest BCUT2D eigenvalue weighted by atomic mass is 10.1. The second kappa shape index (κ2) is 6.66. The lowest BCUT2D eigenvalue weighted by Crippen LogP contribution is -2.39. The molecule has 0 saturated carbocycles. The van der Waals surface area contributed by atoms with Crippen LogP contribution in [-0.4, -0.2) is 32.9 Å². The number of benzene rings is 1. The molecule has 2 rings (SSSR count). The van der Waals surface area contributed by atoms with Crippen LogP contribution in [0.15, 0.2) is 18.2 Å². The molecule has 1 atom stereocenters. The zero-order chi connectivity index (χ0) is 13.7. The van der Waals surface area contributed by atoms with Crippen molar-refractivity contribution in [3.05, 3.63) is 18.2 Å². The topological polar surface area (TPSA) is 47.7 Å². The Bertz CT molecular complexity index is 409. The summed E-state index contributed by atoms with van der Waals surface area (Å²) in [5, 5.41) is 0. The molecule has 0 amide bonds. The second-order valence-electron chi connectivity index (χ2n) is 5.05. The maximum atomic E-state index is 5.97. The molecule has 0 radical (unpaired) electrons. The quantitative estimate of drug-likeness (QED) is 0.831. The van der Waals surface area contributed by atoms with Crippen molar-refractivity contribution in [2.75, 3.05) is 37.4 Å². The van der Waals surface area contributed by atoms with Crippen molar-refractivity contribution < 1.29 is 9.47 Å². The number of rotatable bonds is 5. The van der Waals surface area contributed by atoms with E-state index >= 15 is 0 Å². The summed E-state index contributed by atoms with van der Waals surface area (Å²) < 4.78 is 11.1. The Hall–Kier alpha value is -1.42. The molecule has 0 bridgehead atoms. The molecule has 1 unspecified atom stereocenters. The molecular weight excluding hydrogens is 240 g/mol. The molecule has 4 nitrogen and oxygen atoms in total. The SMILES string of the molecule is CCCOc1cc(N)cc(N2CCCC(OC)C2)c1. The molecule has 1 aromatic rings. The summed E-state index contributed by atoms with van der Waals surface area (Å²) >= 11 is 0. The number of anilines is 2. The molecule has 0 aliphatic carbocycles. The van der Waals surface area contributed by atoms with Crippen molar-refractivity contribution in [2.45, 2.75) is 32.3 Å². The van der Waals surface area contributed by atoms with Crippen molar-refractivity contribution in [1.82, 2.24) is 0 Å². The van der Waals surface area contributed by atoms with Gasteiger partial charge in [0.25, 0.3) is 0 Å². The van der Waals surface area contributed by atoms with Crippen LogP contribution in [0.3, 0.4) is 0 Å². The van der Waals surface area contributed by atoms with Crippen LogP contribution in [-0.2, 0) is 4.74 Å². The van der Waals surface area contributed by atoms with Gasteiger partial charge >= 0.3 is 0 Å². The predicted molar refractivity (Wildman–Crippen MR) is 78.9 cm³/mol. The van der Waals surface area contributed by atoms with Gasteiger partial charge in [-0.15, -0.1) is 0 Å². The van der Waals surface area contributed by atoms with E-state index in [0.29, 0.717) is 6.10 Å². The zero-order valence-electron chi connectivity index (χ0n) is 11.9. The molecule has 0 aromatic heterocycles. The van der Waals surface area contributed by atoms with Gasteiger partial charge in [-0.05, 0) is 25.3 Å². The molecule has 1 fully saturated rings. The largest absolute Gasteiger partial charge is 0.493 e. The highest BCUT2D eigenvalue weighted by atomic mass is 16.5. The van der Waals surface area contributed by atoms with E-state index < -0.39 is 0 Å². The molecule has 19 heavy (non-hydrogen) atoms. The molecule has 1 heterocycles. The van der Waals surface area contributed by atoms with Gasteiger partial charge < -0.3 is 20.1 Å². The summed E-state index contributed by atoms with van der Waals surface area (Å²) in [5.41, 5.74) is 7.85. The normalized spacial score (nSPS) is 19.5. The monoisotopic (exact) mass is 264 g/mol. The van der Waals surface area contributed by atoms with Crippen LogP contribution in [0, 0.1) is 0 Å². The third-order valence-electron chi connectivity index (χ3n) is 3.46. The van der Waals surface area contributed by atoms with Crippen molar-refractivity contribution in [1.29, 1.82) is 0 Å². The number of nitrogens with zero attached hydrogens (tertiary/aromatic N) is 1. The number of piperidine rings is 1. The van der Waals surface area contributed by atoms with Crippen LogP contribution in [0.1, 0.15) is 26.2 Å². The van der Waals surface area contributed by atoms with Gasteiger partial charge in [-0.3, -0.25) is 0 Å². The first-order valence-electron chi connectivity index (χ1n) is 7.04. The number of nitrogen functional groups attached to an aromatic ring is 1. The van der Waals surface area contributed by atoms with Crippen LogP contribution in [0.5, 0.6) is 5.75 Å². The lowest BCUT2D eigenvalue weighted by Gasteiger charge is -2.34. The van der Waals surface area contributed by atoms with Gasteiger partial charge in [-0.1, -0.05) is 6.92 Å². The molecule has 4 heteroatoms. The van der Waals surface area contributed by atoms with Gasteiger partial charge in [-0.2, -0.15) is 0 Å². The minimum atomic E-state index is 0.315. The summed E-state index contributed by atoms with van der Waals surface area (Å²) in [6, 6.07) is 5.97. The second-order valence-corrected chi connectivity index (χ2v) is 5.05. The van der Waals surface area contributed by atoms with Gasteiger partial charge in [0.15, 0.2) is 0 Å². The smallest absolute Gasteiger partial charge is 0.123 e. The fourth-order valence-electron chi connectivity index (χ4n) is 2.46. The van der Waals surface area contributed by atoms with E-state index in [0.717, 1.165) is 56.1 Å². The summed E-state index contributed by atoms with van der Waals surface area (Å²) in [6.45, 7) is 4.80. The lowest BCUT2D eigenvalue weighted by molar-refractivity contribution is 0.0893. The average Bonchev–Trinajstić information content (AvgIpc) is 2.44. The van der Waals surface area contributed by atoms with Crippen molar-refractivity contribution in [2.24, 2.45) is 0 Å². The molecule has 1 aromatic carbocycles. The molecular formula is C15H24N2O2. The molecule has 1 aliphatic rings. The number of ether oxygens (including phenoxy) is 2. The Labute approximate surface area is 115 Å². The molecule has 0 spiro atoms. The highest BCUT2D eigenvalue weighted by molar-refractivity contribution is 5.60. The van der Waals surface area contributed by atoms with Crippen LogP contribution in [0.4, 0.5) is 11.4 Å². The number of hydrogen-bond donors (Lipinski definition) is 1.